The van der Waals surface area contributed by atoms with Gasteiger partial charge in [0.1, 0.15) is 22.6 Å². The molecule has 1 aliphatic carbocycles. The van der Waals surface area contributed by atoms with E-state index in [-0.39, 0.29) is 37.2 Å². The predicted molar refractivity (Wildman–Crippen MR) is 173 cm³/mol. The Morgan fingerprint density at radius 2 is 1.67 bits per heavy atom. The van der Waals surface area contributed by atoms with Gasteiger partial charge in [-0.25, -0.2) is 19.4 Å². The lowest BCUT2D eigenvalue weighted by molar-refractivity contribution is 0.0426. The molecule has 0 N–H and O–H groups in total. The summed E-state index contributed by atoms with van der Waals surface area (Å²) in [6, 6.07) is 4.85. The average molecular weight is 707 g/mol. The third-order valence-electron chi connectivity index (χ3n) is 6.48. The Morgan fingerprint density at radius 1 is 1.04 bits per heavy atom. The van der Waals surface area contributed by atoms with Gasteiger partial charge >= 0.3 is 18.2 Å². The molecule has 0 saturated heterocycles. The van der Waals surface area contributed by atoms with Gasteiger partial charge in [0, 0.05) is 38.9 Å². The van der Waals surface area contributed by atoms with Crippen molar-refractivity contribution in [3.8, 4) is 0 Å². The fraction of sp³-hybridized carbons (Fsp3) is 0.469. The van der Waals surface area contributed by atoms with E-state index < -0.39 is 34.8 Å². The number of carbonyl (C=O) groups is 3. The van der Waals surface area contributed by atoms with Crippen LogP contribution in [0.1, 0.15) is 88.8 Å². The number of rotatable bonds is 8. The highest BCUT2D eigenvalue weighted by molar-refractivity contribution is 9.10. The molecular weight excluding hydrogens is 670 g/mol. The molecule has 0 radical (unpaired) electrons. The van der Waals surface area contributed by atoms with E-state index in [0.29, 0.717) is 31.5 Å². The lowest BCUT2D eigenvalue weighted by atomic mass is 10.1. The summed E-state index contributed by atoms with van der Waals surface area (Å²) in [5.41, 5.74) is -0.481. The second-order valence-electron chi connectivity index (χ2n) is 12.6. The molecule has 1 saturated carbocycles. The molecule has 2 aromatic heterocycles. The van der Waals surface area contributed by atoms with Crippen molar-refractivity contribution in [2.24, 2.45) is 0 Å². The van der Waals surface area contributed by atoms with Gasteiger partial charge in [0.2, 0.25) is 5.43 Å². The molecule has 1 aromatic carbocycles. The maximum absolute atomic E-state index is 13.3. The van der Waals surface area contributed by atoms with Crippen LogP contribution >= 0.6 is 27.5 Å². The summed E-state index contributed by atoms with van der Waals surface area (Å²) in [4.78, 5) is 57.1. The minimum Gasteiger partial charge on any atom is -0.462 e. The minimum atomic E-state index is -0.943. The highest BCUT2D eigenvalue weighted by Crippen LogP contribution is 2.39. The number of fused-ring (bicyclic) bond motifs is 1. The maximum atomic E-state index is 13.3. The molecule has 0 spiro atoms. The van der Waals surface area contributed by atoms with E-state index in [1.807, 2.05) is 4.57 Å². The van der Waals surface area contributed by atoms with E-state index in [9.17, 15) is 19.2 Å². The van der Waals surface area contributed by atoms with Crippen molar-refractivity contribution in [1.29, 1.82) is 0 Å². The van der Waals surface area contributed by atoms with Crippen molar-refractivity contribution >= 4 is 62.4 Å². The van der Waals surface area contributed by atoms with Crippen molar-refractivity contribution in [3.05, 3.63) is 67.0 Å². The number of imide groups is 1. The third-order valence-corrected chi connectivity index (χ3v) is 7.55. The van der Waals surface area contributed by atoms with Crippen LogP contribution in [0.5, 0.6) is 0 Å². The third kappa shape index (κ3) is 8.42. The first-order chi connectivity index (χ1) is 21.0. The highest BCUT2D eigenvalue weighted by Gasteiger charge is 2.34. The van der Waals surface area contributed by atoms with Crippen molar-refractivity contribution in [2.75, 3.05) is 11.5 Å². The molecule has 11 nitrogen and oxygen atoms in total. The van der Waals surface area contributed by atoms with Gasteiger partial charge in [-0.05, 0) is 101 Å². The Morgan fingerprint density at radius 3 is 2.22 bits per heavy atom. The average Bonchev–Trinajstić information content (AvgIpc) is 3.75. The predicted octanol–water partition coefficient (Wildman–Crippen LogP) is 7.72. The Labute approximate surface area is 274 Å². The Bertz CT molecular complexity index is 1660. The van der Waals surface area contributed by atoms with Crippen LogP contribution in [0.25, 0.3) is 10.9 Å². The van der Waals surface area contributed by atoms with Crippen LogP contribution in [0.2, 0.25) is 5.02 Å². The summed E-state index contributed by atoms with van der Waals surface area (Å²) >= 11 is 10.1. The fourth-order valence-electron chi connectivity index (χ4n) is 4.47. The van der Waals surface area contributed by atoms with E-state index in [2.05, 4.69) is 20.9 Å². The van der Waals surface area contributed by atoms with E-state index in [4.69, 9.17) is 30.5 Å². The van der Waals surface area contributed by atoms with Crippen molar-refractivity contribution in [3.63, 3.8) is 0 Å². The number of pyridine rings is 2. The number of hydrogen-bond acceptors (Lipinski definition) is 9. The zero-order valence-corrected chi connectivity index (χ0v) is 28.7. The molecule has 1 aliphatic rings. The van der Waals surface area contributed by atoms with E-state index in [1.165, 1.54) is 12.3 Å². The number of hydrogen-bond donors (Lipinski definition) is 0. The van der Waals surface area contributed by atoms with Crippen LogP contribution in [0.15, 0.2) is 39.9 Å². The molecule has 4 rings (SSSR count). The quantitative estimate of drug-likeness (QED) is 0.171. The van der Waals surface area contributed by atoms with Gasteiger partial charge in [-0.3, -0.25) is 4.79 Å². The Hall–Kier alpha value is -3.48. The molecular formula is C32H37BrClN3O8. The van der Waals surface area contributed by atoms with Crippen LogP contribution in [-0.4, -0.2) is 45.5 Å². The van der Waals surface area contributed by atoms with Crippen molar-refractivity contribution in [2.45, 2.75) is 91.8 Å². The topological polar surface area (TPSA) is 126 Å². The zero-order chi connectivity index (χ0) is 33.3. The standard InChI is InChI=1S/C32H37BrClN3O8/c1-8-43-28(39)21-15-36(19-9-10-19)26-20(27(21)38)11-12-24(34)22(26)17-42-16-18-13-25(35-14-23(18)33)37(29(40)44-31(2,3)4)30(41)45-32(5,6)7/h11-15,19H,8-10,16-17H2,1-7H3. The lowest BCUT2D eigenvalue weighted by Gasteiger charge is -2.28. The SMILES string of the molecule is CCOC(=O)c1cn(C2CC2)c2c(COCc3cc(N(C(=O)OC(C)(C)C)C(=O)OC(C)(C)C)ncc3Br)c(Cl)ccc2c1=O. The second kappa shape index (κ2) is 13.5. The van der Waals surface area contributed by atoms with Crippen LogP contribution in [0.4, 0.5) is 15.4 Å². The molecule has 13 heteroatoms. The maximum Gasteiger partial charge on any atom is 0.425 e. The molecule has 242 valence electrons. The van der Waals surface area contributed by atoms with Crippen molar-refractivity contribution < 1.29 is 33.3 Å². The normalized spacial score (nSPS) is 13.4. The summed E-state index contributed by atoms with van der Waals surface area (Å²) in [6.45, 7) is 12.0. The molecule has 2 amide bonds. The van der Waals surface area contributed by atoms with E-state index in [0.717, 1.165) is 17.7 Å². The highest BCUT2D eigenvalue weighted by atomic mass is 79.9. The second-order valence-corrected chi connectivity index (χ2v) is 13.8. The van der Waals surface area contributed by atoms with Gasteiger partial charge in [0.25, 0.3) is 0 Å². The first-order valence-corrected chi connectivity index (χ1v) is 15.7. The van der Waals surface area contributed by atoms with Gasteiger partial charge in [0.05, 0.1) is 25.3 Å². The van der Waals surface area contributed by atoms with E-state index in [1.54, 1.807) is 66.8 Å². The Balaban J connectivity index is 1.66. The minimum absolute atomic E-state index is 0.0161. The number of nitrogens with zero attached hydrogens (tertiary/aromatic N) is 3. The number of aromatic nitrogens is 2. The molecule has 0 unspecified atom stereocenters. The molecule has 0 aliphatic heterocycles. The lowest BCUT2D eigenvalue weighted by Crippen LogP contribution is -2.44. The smallest absolute Gasteiger partial charge is 0.425 e. The summed E-state index contributed by atoms with van der Waals surface area (Å²) in [5, 5.41) is 0.740. The summed E-state index contributed by atoms with van der Waals surface area (Å²) in [7, 11) is 0. The van der Waals surface area contributed by atoms with Gasteiger partial charge in [-0.2, -0.15) is 4.90 Å². The molecule has 0 bridgehead atoms. The van der Waals surface area contributed by atoms with Crippen LogP contribution in [0, 0.1) is 0 Å². The summed E-state index contributed by atoms with van der Waals surface area (Å²) in [5.74, 6) is -0.686. The largest absolute Gasteiger partial charge is 0.462 e. The van der Waals surface area contributed by atoms with Crippen LogP contribution < -0.4 is 10.3 Å². The van der Waals surface area contributed by atoms with Crippen molar-refractivity contribution in [1.82, 2.24) is 9.55 Å². The van der Waals surface area contributed by atoms with Gasteiger partial charge < -0.3 is 23.5 Å². The monoisotopic (exact) mass is 705 g/mol. The van der Waals surface area contributed by atoms with Gasteiger partial charge in [-0.1, -0.05) is 11.6 Å². The van der Waals surface area contributed by atoms with E-state index >= 15 is 0 Å². The molecule has 2 heterocycles. The number of carbonyl (C=O) groups excluding carboxylic acids is 3. The summed E-state index contributed by atoms with van der Waals surface area (Å²) in [6.07, 6.45) is 2.90. The zero-order valence-electron chi connectivity index (χ0n) is 26.4. The molecule has 45 heavy (non-hydrogen) atoms. The first-order valence-electron chi connectivity index (χ1n) is 14.5. The molecule has 1 fully saturated rings. The van der Waals surface area contributed by atoms with Gasteiger partial charge in [-0.15, -0.1) is 0 Å². The Kier molecular flexibility index (Phi) is 10.3. The number of benzene rings is 1. The first kappa shape index (κ1) is 34.4. The number of amides is 2. The number of halogens is 2. The number of ether oxygens (including phenoxy) is 4. The number of esters is 1. The van der Waals surface area contributed by atoms with Gasteiger partial charge in [0.15, 0.2) is 0 Å². The van der Waals surface area contributed by atoms with Crippen LogP contribution in [0.3, 0.4) is 0 Å². The summed E-state index contributed by atoms with van der Waals surface area (Å²) < 4.78 is 24.6. The number of anilines is 1. The molecule has 0 atom stereocenters. The van der Waals surface area contributed by atoms with Crippen LogP contribution in [-0.2, 0) is 32.2 Å². The fourth-order valence-corrected chi connectivity index (χ4v) is 5.01. The molecule has 3 aromatic rings.